The molecule has 6 nitrogen and oxygen atoms in total. The van der Waals surface area contributed by atoms with Gasteiger partial charge in [-0.25, -0.2) is 9.67 Å². The maximum Gasteiger partial charge on any atom is 0.280 e. The standard InChI is InChI=1S/C18H15N5O.ClH/c24-18-16(15-4-3-7-19-11-15)12-21-23(18)17-6-5-14(10-20-17)13-22-8-1-2-9-22;/h1-12,21H,13H2;1H. The number of H-pyrrole nitrogens is 1. The summed E-state index contributed by atoms with van der Waals surface area (Å²) in [6, 6.07) is 11.4. The molecule has 0 bridgehead atoms. The van der Waals surface area contributed by atoms with Gasteiger partial charge in [-0.1, -0.05) is 12.1 Å². The van der Waals surface area contributed by atoms with Gasteiger partial charge < -0.3 is 4.57 Å². The molecule has 25 heavy (non-hydrogen) atoms. The monoisotopic (exact) mass is 353 g/mol. The van der Waals surface area contributed by atoms with E-state index in [1.807, 2.05) is 42.7 Å². The molecule has 0 unspecified atom stereocenters. The Kier molecular flexibility index (Phi) is 4.81. The summed E-state index contributed by atoms with van der Waals surface area (Å²) < 4.78 is 3.50. The summed E-state index contributed by atoms with van der Waals surface area (Å²) in [6.45, 7) is 0.751. The minimum atomic E-state index is -0.145. The Morgan fingerprint density at radius 3 is 2.56 bits per heavy atom. The Balaban J connectivity index is 0.00000182. The van der Waals surface area contributed by atoms with E-state index in [9.17, 15) is 4.79 Å². The molecule has 0 aromatic carbocycles. The lowest BCUT2D eigenvalue weighted by Crippen LogP contribution is -2.17. The van der Waals surface area contributed by atoms with E-state index in [0.29, 0.717) is 11.4 Å². The first-order valence-electron chi connectivity index (χ1n) is 7.58. The third-order valence-electron chi connectivity index (χ3n) is 3.81. The van der Waals surface area contributed by atoms with Gasteiger partial charge in [0, 0.05) is 49.3 Å². The van der Waals surface area contributed by atoms with Crippen molar-refractivity contribution in [2.24, 2.45) is 0 Å². The van der Waals surface area contributed by atoms with E-state index < -0.39 is 0 Å². The first-order valence-corrected chi connectivity index (χ1v) is 7.58. The van der Waals surface area contributed by atoms with Gasteiger partial charge in [-0.05, 0) is 29.8 Å². The molecule has 0 aliphatic rings. The third kappa shape index (κ3) is 3.39. The van der Waals surface area contributed by atoms with Gasteiger partial charge in [0.05, 0.1) is 5.56 Å². The number of nitrogens with one attached hydrogen (secondary N) is 1. The van der Waals surface area contributed by atoms with Gasteiger partial charge in [0.2, 0.25) is 0 Å². The van der Waals surface area contributed by atoms with E-state index in [1.165, 1.54) is 4.68 Å². The van der Waals surface area contributed by atoms with E-state index in [1.54, 1.807) is 30.9 Å². The zero-order chi connectivity index (χ0) is 16.4. The fraction of sp³-hybridized carbons (Fsp3) is 0.0556. The number of pyridine rings is 2. The second-order valence-corrected chi connectivity index (χ2v) is 5.45. The van der Waals surface area contributed by atoms with Gasteiger partial charge in [0.25, 0.3) is 5.56 Å². The fourth-order valence-electron chi connectivity index (χ4n) is 2.60. The SMILES string of the molecule is Cl.O=c1c(-c2cccnc2)c[nH]n1-c1ccc(Cn2cccc2)cn1. The topological polar surface area (TPSA) is 68.5 Å². The Morgan fingerprint density at radius 1 is 1.04 bits per heavy atom. The maximum atomic E-state index is 12.6. The van der Waals surface area contributed by atoms with Gasteiger partial charge >= 0.3 is 0 Å². The van der Waals surface area contributed by atoms with Crippen LogP contribution in [-0.4, -0.2) is 24.3 Å². The van der Waals surface area contributed by atoms with Gasteiger partial charge in [0.15, 0.2) is 5.82 Å². The van der Waals surface area contributed by atoms with Crippen LogP contribution in [0.2, 0.25) is 0 Å². The molecule has 1 N–H and O–H groups in total. The Labute approximate surface area is 150 Å². The van der Waals surface area contributed by atoms with Crippen LogP contribution in [-0.2, 0) is 6.54 Å². The molecule has 0 atom stereocenters. The molecule has 4 heterocycles. The number of nitrogens with zero attached hydrogens (tertiary/aromatic N) is 4. The van der Waals surface area contributed by atoms with Crippen molar-refractivity contribution in [3.05, 3.63) is 89.5 Å². The molecule has 126 valence electrons. The average molecular weight is 354 g/mol. The average Bonchev–Trinajstić information content (AvgIpc) is 3.26. The first-order chi connectivity index (χ1) is 11.8. The van der Waals surface area contributed by atoms with E-state index in [0.717, 1.165) is 17.7 Å². The predicted molar refractivity (Wildman–Crippen MR) is 98.2 cm³/mol. The highest BCUT2D eigenvalue weighted by atomic mass is 35.5. The number of hydrogen-bond acceptors (Lipinski definition) is 3. The molecule has 0 aliphatic heterocycles. The van der Waals surface area contributed by atoms with Crippen LogP contribution in [0.15, 0.2) is 78.4 Å². The highest BCUT2D eigenvalue weighted by Gasteiger charge is 2.10. The van der Waals surface area contributed by atoms with Gasteiger partial charge in [-0.2, -0.15) is 0 Å². The number of aromatic nitrogens is 5. The predicted octanol–water partition coefficient (Wildman–Crippen LogP) is 2.89. The van der Waals surface area contributed by atoms with Crippen LogP contribution in [0.3, 0.4) is 0 Å². The molecular formula is C18H16ClN5O. The molecule has 4 aromatic heterocycles. The summed E-state index contributed by atoms with van der Waals surface area (Å²) in [4.78, 5) is 21.0. The lowest BCUT2D eigenvalue weighted by Gasteiger charge is -2.05. The molecule has 0 radical (unpaired) electrons. The summed E-state index contributed by atoms with van der Waals surface area (Å²) in [5.74, 6) is 0.561. The first kappa shape index (κ1) is 16.7. The zero-order valence-corrected chi connectivity index (χ0v) is 14.1. The second kappa shape index (κ2) is 7.19. The minimum absolute atomic E-state index is 0. The molecule has 0 saturated carbocycles. The summed E-state index contributed by atoms with van der Waals surface area (Å²) in [6.07, 6.45) is 10.8. The molecule has 7 heteroatoms. The summed E-state index contributed by atoms with van der Waals surface area (Å²) in [7, 11) is 0. The Bertz CT molecular complexity index is 988. The molecule has 0 aliphatic carbocycles. The Morgan fingerprint density at radius 2 is 1.88 bits per heavy atom. The van der Waals surface area contributed by atoms with Crippen LogP contribution in [0.1, 0.15) is 5.56 Å². The van der Waals surface area contributed by atoms with Crippen LogP contribution in [0.5, 0.6) is 0 Å². The van der Waals surface area contributed by atoms with Crippen molar-refractivity contribution in [3.63, 3.8) is 0 Å². The van der Waals surface area contributed by atoms with Gasteiger partial charge in [-0.3, -0.25) is 14.9 Å². The fourth-order valence-corrected chi connectivity index (χ4v) is 2.60. The normalized spacial score (nSPS) is 10.4. The number of halogens is 1. The number of rotatable bonds is 4. The molecule has 0 fully saturated rings. The molecule has 0 amide bonds. The minimum Gasteiger partial charge on any atom is -0.350 e. The van der Waals surface area contributed by atoms with Crippen LogP contribution >= 0.6 is 12.4 Å². The molecular weight excluding hydrogens is 338 g/mol. The summed E-state index contributed by atoms with van der Waals surface area (Å²) >= 11 is 0. The Hall–Kier alpha value is -3.12. The lowest BCUT2D eigenvalue weighted by atomic mass is 10.2. The number of hydrogen-bond donors (Lipinski definition) is 1. The van der Waals surface area contributed by atoms with Crippen LogP contribution in [0, 0.1) is 0 Å². The summed E-state index contributed by atoms with van der Waals surface area (Å²) in [5.41, 5.74) is 2.28. The molecule has 0 spiro atoms. The second-order valence-electron chi connectivity index (χ2n) is 5.45. The third-order valence-corrected chi connectivity index (χ3v) is 3.81. The van der Waals surface area contributed by atoms with E-state index in [-0.39, 0.29) is 18.0 Å². The largest absolute Gasteiger partial charge is 0.350 e. The van der Waals surface area contributed by atoms with Crippen molar-refractivity contribution in [2.75, 3.05) is 0 Å². The van der Waals surface area contributed by atoms with E-state index in [2.05, 4.69) is 19.6 Å². The number of aromatic amines is 1. The van der Waals surface area contributed by atoms with E-state index in [4.69, 9.17) is 0 Å². The van der Waals surface area contributed by atoms with Crippen molar-refractivity contribution >= 4 is 12.4 Å². The molecule has 0 saturated heterocycles. The highest BCUT2D eigenvalue weighted by Crippen LogP contribution is 2.13. The van der Waals surface area contributed by atoms with Crippen molar-refractivity contribution in [3.8, 4) is 16.9 Å². The zero-order valence-electron chi connectivity index (χ0n) is 13.2. The van der Waals surface area contributed by atoms with Crippen LogP contribution in [0.25, 0.3) is 16.9 Å². The van der Waals surface area contributed by atoms with Crippen molar-refractivity contribution in [1.82, 2.24) is 24.3 Å². The van der Waals surface area contributed by atoms with Gasteiger partial charge in [-0.15, -0.1) is 12.4 Å². The van der Waals surface area contributed by atoms with Crippen molar-refractivity contribution < 1.29 is 0 Å². The van der Waals surface area contributed by atoms with E-state index >= 15 is 0 Å². The molecule has 4 rings (SSSR count). The van der Waals surface area contributed by atoms with Crippen LogP contribution in [0.4, 0.5) is 0 Å². The summed E-state index contributed by atoms with van der Waals surface area (Å²) in [5, 5.41) is 2.96. The molecule has 4 aromatic rings. The maximum absolute atomic E-state index is 12.6. The quantitative estimate of drug-likeness (QED) is 0.613. The van der Waals surface area contributed by atoms with Crippen LogP contribution < -0.4 is 5.56 Å². The van der Waals surface area contributed by atoms with Gasteiger partial charge in [0.1, 0.15) is 0 Å². The highest BCUT2D eigenvalue weighted by molar-refractivity contribution is 5.85. The smallest absolute Gasteiger partial charge is 0.280 e. The van der Waals surface area contributed by atoms with Crippen molar-refractivity contribution in [2.45, 2.75) is 6.54 Å². The van der Waals surface area contributed by atoms with Crippen molar-refractivity contribution in [1.29, 1.82) is 0 Å². The lowest BCUT2D eigenvalue weighted by molar-refractivity contribution is 0.787.